The van der Waals surface area contributed by atoms with E-state index in [9.17, 15) is 18.0 Å². The normalized spacial score (nSPS) is 15.0. The summed E-state index contributed by atoms with van der Waals surface area (Å²) < 4.78 is 27.5. The lowest BCUT2D eigenvalue weighted by molar-refractivity contribution is -0.116. The smallest absolute Gasteiger partial charge is 0.251 e. The maximum atomic E-state index is 13.0. The monoisotopic (exact) mass is 483 g/mol. The number of benzene rings is 2. The van der Waals surface area contributed by atoms with E-state index in [0.717, 1.165) is 12.0 Å². The lowest BCUT2D eigenvalue weighted by Crippen LogP contribution is -2.41. The number of amides is 2. The minimum atomic E-state index is -3.63. The Kier molecular flexibility index (Phi) is 8.63. The molecule has 0 spiro atoms. The number of hydrogen-bond acceptors (Lipinski definition) is 4. The topological polar surface area (TPSA) is 95.6 Å². The second kappa shape index (κ2) is 11.4. The Morgan fingerprint density at radius 1 is 1.03 bits per heavy atom. The maximum Gasteiger partial charge on any atom is 0.251 e. The summed E-state index contributed by atoms with van der Waals surface area (Å²) in [5, 5.41) is 5.67. The molecule has 1 aliphatic heterocycles. The Bertz CT molecular complexity index is 1140. The van der Waals surface area contributed by atoms with Gasteiger partial charge in [-0.3, -0.25) is 9.59 Å². The van der Waals surface area contributed by atoms with Gasteiger partial charge in [-0.1, -0.05) is 24.8 Å². The van der Waals surface area contributed by atoms with Crippen molar-refractivity contribution in [1.29, 1.82) is 0 Å². The fourth-order valence-electron chi connectivity index (χ4n) is 3.98. The van der Waals surface area contributed by atoms with Crippen molar-refractivity contribution < 1.29 is 18.0 Å². The summed E-state index contributed by atoms with van der Waals surface area (Å²) in [6.45, 7) is 9.39. The molecule has 0 bridgehead atoms. The van der Waals surface area contributed by atoms with Gasteiger partial charge in [0.1, 0.15) is 0 Å². The van der Waals surface area contributed by atoms with Crippen LogP contribution in [0.2, 0.25) is 0 Å². The Hall–Kier alpha value is -2.97. The van der Waals surface area contributed by atoms with Gasteiger partial charge >= 0.3 is 0 Å². The first-order chi connectivity index (χ1) is 16.2. The van der Waals surface area contributed by atoms with Crippen molar-refractivity contribution in [2.45, 2.75) is 38.0 Å². The lowest BCUT2D eigenvalue weighted by Gasteiger charge is -2.31. The van der Waals surface area contributed by atoms with Gasteiger partial charge in [0.2, 0.25) is 15.9 Å². The zero-order chi connectivity index (χ0) is 24.7. The molecule has 0 radical (unpaired) electrons. The Morgan fingerprint density at radius 2 is 1.71 bits per heavy atom. The summed E-state index contributed by atoms with van der Waals surface area (Å²) in [6.07, 6.45) is 3.32. The van der Waals surface area contributed by atoms with Crippen LogP contribution in [0.3, 0.4) is 0 Å². The molecule has 2 N–H and O–H groups in total. The van der Waals surface area contributed by atoms with E-state index in [1.165, 1.54) is 33.6 Å². The number of nitrogens with one attached hydrogen (secondary N) is 2. The molecule has 2 aromatic rings. The number of piperidine rings is 1. The molecule has 0 saturated carbocycles. The van der Waals surface area contributed by atoms with E-state index in [0.29, 0.717) is 44.6 Å². The van der Waals surface area contributed by atoms with Crippen molar-refractivity contribution in [3.05, 3.63) is 77.4 Å². The van der Waals surface area contributed by atoms with Gasteiger partial charge in [0.05, 0.1) is 4.90 Å². The molecule has 182 valence electrons. The number of hydrogen-bond donors (Lipinski definition) is 2. The Balaban J connectivity index is 1.51. The van der Waals surface area contributed by atoms with E-state index in [1.54, 1.807) is 12.1 Å². The molecule has 3 rings (SSSR count). The van der Waals surface area contributed by atoms with Crippen molar-refractivity contribution in [3.8, 4) is 0 Å². The van der Waals surface area contributed by atoms with Crippen molar-refractivity contribution in [1.82, 2.24) is 14.9 Å². The number of nitrogens with zero attached hydrogens (tertiary/aromatic N) is 1. The van der Waals surface area contributed by atoms with Crippen LogP contribution in [-0.2, 0) is 21.2 Å². The van der Waals surface area contributed by atoms with Crippen LogP contribution in [0, 0.1) is 19.8 Å². The molecule has 2 amide bonds. The Labute approximate surface area is 202 Å². The van der Waals surface area contributed by atoms with Gasteiger partial charge in [0.25, 0.3) is 5.91 Å². The molecular formula is C26H33N3O4S. The minimum absolute atomic E-state index is 0.178. The molecular weight excluding hydrogens is 450 g/mol. The second-order valence-electron chi connectivity index (χ2n) is 8.75. The molecule has 7 nitrogen and oxygen atoms in total. The summed E-state index contributed by atoms with van der Waals surface area (Å²) in [7, 11) is -3.63. The highest BCUT2D eigenvalue weighted by Gasteiger charge is 2.29. The van der Waals surface area contributed by atoms with Crippen LogP contribution in [0.4, 0.5) is 0 Å². The fraction of sp³-hybridized carbons (Fsp3) is 0.385. The van der Waals surface area contributed by atoms with Crippen LogP contribution in [-0.4, -0.2) is 50.7 Å². The number of aryl methyl sites for hydroxylation is 2. The van der Waals surface area contributed by atoms with E-state index >= 15 is 0 Å². The molecule has 0 aliphatic carbocycles. The van der Waals surface area contributed by atoms with Crippen molar-refractivity contribution in [3.63, 3.8) is 0 Å². The van der Waals surface area contributed by atoms with Gasteiger partial charge in [-0.2, -0.15) is 4.31 Å². The summed E-state index contributed by atoms with van der Waals surface area (Å²) in [4.78, 5) is 24.0. The van der Waals surface area contributed by atoms with Gasteiger partial charge < -0.3 is 10.6 Å². The first-order valence-electron chi connectivity index (χ1n) is 11.6. The summed E-state index contributed by atoms with van der Waals surface area (Å²) >= 11 is 0. The third-order valence-corrected chi connectivity index (χ3v) is 8.26. The molecule has 1 aliphatic rings. The van der Waals surface area contributed by atoms with E-state index in [4.69, 9.17) is 0 Å². The number of carbonyl (C=O) groups excluding carboxylic acids is 2. The van der Waals surface area contributed by atoms with Gasteiger partial charge in [-0.25, -0.2) is 8.42 Å². The first kappa shape index (κ1) is 25.6. The molecule has 2 aromatic carbocycles. The molecule has 1 heterocycles. The average Bonchev–Trinajstić information content (AvgIpc) is 2.85. The van der Waals surface area contributed by atoms with Crippen molar-refractivity contribution in [2.75, 3.05) is 26.2 Å². The van der Waals surface area contributed by atoms with Crippen LogP contribution in [0.25, 0.3) is 0 Å². The van der Waals surface area contributed by atoms with E-state index in [-0.39, 0.29) is 22.6 Å². The maximum absolute atomic E-state index is 13.0. The predicted octanol–water partition coefficient (Wildman–Crippen LogP) is 2.98. The van der Waals surface area contributed by atoms with Gasteiger partial charge in [-0.15, -0.1) is 0 Å². The fourth-order valence-corrected chi connectivity index (χ4v) is 5.45. The van der Waals surface area contributed by atoms with Crippen LogP contribution < -0.4 is 10.6 Å². The lowest BCUT2D eigenvalue weighted by atomic mass is 9.98. The summed E-state index contributed by atoms with van der Waals surface area (Å²) in [5.74, 6) is -0.204. The molecule has 34 heavy (non-hydrogen) atoms. The molecule has 1 saturated heterocycles. The molecule has 8 heteroatoms. The number of sulfonamides is 1. The highest BCUT2D eigenvalue weighted by atomic mass is 32.2. The molecule has 1 fully saturated rings. The van der Waals surface area contributed by atoms with E-state index in [1.807, 2.05) is 0 Å². The summed E-state index contributed by atoms with van der Waals surface area (Å²) in [5.41, 5.74) is 4.06. The second-order valence-corrected chi connectivity index (χ2v) is 10.7. The van der Waals surface area contributed by atoms with E-state index in [2.05, 4.69) is 49.3 Å². The largest absolute Gasteiger partial charge is 0.352 e. The molecule has 0 atom stereocenters. The predicted molar refractivity (Wildman–Crippen MR) is 133 cm³/mol. The number of carbonyl (C=O) groups is 2. The molecule has 0 aromatic heterocycles. The van der Waals surface area contributed by atoms with Crippen molar-refractivity contribution >= 4 is 21.8 Å². The third-order valence-electron chi connectivity index (χ3n) is 6.35. The zero-order valence-corrected chi connectivity index (χ0v) is 20.7. The van der Waals surface area contributed by atoms with Gasteiger partial charge in [0, 0.05) is 31.7 Å². The highest BCUT2D eigenvalue weighted by molar-refractivity contribution is 7.89. The highest BCUT2D eigenvalue weighted by Crippen LogP contribution is 2.24. The Morgan fingerprint density at radius 3 is 2.32 bits per heavy atom. The van der Waals surface area contributed by atoms with Gasteiger partial charge in [0.15, 0.2) is 0 Å². The summed E-state index contributed by atoms with van der Waals surface area (Å²) in [6, 6.07) is 12.4. The van der Waals surface area contributed by atoms with Crippen LogP contribution in [0.1, 0.15) is 39.9 Å². The van der Waals surface area contributed by atoms with Crippen molar-refractivity contribution in [2.24, 2.45) is 5.92 Å². The first-order valence-corrected chi connectivity index (χ1v) is 13.0. The zero-order valence-electron chi connectivity index (χ0n) is 19.8. The van der Waals surface area contributed by atoms with Crippen LogP contribution in [0.15, 0.2) is 60.0 Å². The van der Waals surface area contributed by atoms with E-state index < -0.39 is 10.0 Å². The third kappa shape index (κ3) is 6.55. The average molecular weight is 484 g/mol. The minimum Gasteiger partial charge on any atom is -0.352 e. The SMILES string of the molecule is C=CC(=O)NCC1CCN(S(=O)(=O)c2ccc(C(=O)NCCc3ccc(C)c(C)c3)cc2)CC1. The quantitative estimate of drug-likeness (QED) is 0.536. The van der Waals surface area contributed by atoms with Crippen LogP contribution >= 0.6 is 0 Å². The van der Waals surface area contributed by atoms with Gasteiger partial charge in [-0.05, 0) is 86.1 Å². The number of rotatable bonds is 9. The standard InChI is InChI=1S/C26H33N3O4S/c1-4-25(30)28-18-22-12-15-29(16-13-22)34(32,33)24-9-7-23(8-10-24)26(31)27-14-11-21-6-5-19(2)20(3)17-21/h4-10,17,22H,1,11-16,18H2,2-3H3,(H,27,31)(H,28,30). The van der Waals surface area contributed by atoms with Crippen LogP contribution in [0.5, 0.6) is 0 Å². The molecule has 0 unspecified atom stereocenters.